The minimum Gasteiger partial charge on any atom is -0.464 e. The smallest absolute Gasteiger partial charge is 0.310 e. The Morgan fingerprint density at radius 3 is 2.76 bits per heavy atom. The Kier molecular flexibility index (Phi) is 4.70. The standard InChI is InChI=1S/C23H21NO5/c1-12-4-6-17-16(10-29-22(17)13(12)2)9-21(26)28-11-20(25)15-5-7-19-18(8-15)14(3)23(27)24-19/h4-8,10,14H,9,11H2,1-3H3,(H,24,27)/t14-/m1/s1. The number of furan rings is 1. The Bertz CT molecular complexity index is 1160. The number of hydrogen-bond donors (Lipinski definition) is 1. The molecule has 0 saturated heterocycles. The molecule has 0 radical (unpaired) electrons. The molecule has 0 unspecified atom stereocenters. The van der Waals surface area contributed by atoms with E-state index in [4.69, 9.17) is 9.15 Å². The zero-order valence-electron chi connectivity index (χ0n) is 16.5. The predicted molar refractivity (Wildman–Crippen MR) is 108 cm³/mol. The molecule has 4 rings (SSSR count). The Labute approximate surface area is 167 Å². The van der Waals surface area contributed by atoms with Crippen molar-refractivity contribution in [3.63, 3.8) is 0 Å². The van der Waals surface area contributed by atoms with Gasteiger partial charge in [-0.3, -0.25) is 14.4 Å². The maximum Gasteiger partial charge on any atom is 0.310 e. The molecule has 1 aliphatic heterocycles. The van der Waals surface area contributed by atoms with Gasteiger partial charge in [0.1, 0.15) is 5.58 Å². The van der Waals surface area contributed by atoms with Crippen LogP contribution < -0.4 is 5.32 Å². The molecule has 1 amide bonds. The summed E-state index contributed by atoms with van der Waals surface area (Å²) in [5, 5.41) is 3.64. The highest BCUT2D eigenvalue weighted by Crippen LogP contribution is 2.32. The first-order valence-electron chi connectivity index (χ1n) is 9.45. The van der Waals surface area contributed by atoms with Gasteiger partial charge in [0.2, 0.25) is 5.91 Å². The summed E-state index contributed by atoms with van der Waals surface area (Å²) in [6.07, 6.45) is 1.59. The Morgan fingerprint density at radius 2 is 1.97 bits per heavy atom. The molecule has 0 fully saturated rings. The number of Topliss-reactive ketones (excluding diaryl/α,β-unsaturated/α-hetero) is 1. The van der Waals surface area contributed by atoms with Crippen molar-refractivity contribution in [2.45, 2.75) is 33.1 Å². The number of amides is 1. The summed E-state index contributed by atoms with van der Waals surface area (Å²) in [5.41, 5.74) is 5.56. The number of ether oxygens (including phenoxy) is 1. The van der Waals surface area contributed by atoms with Gasteiger partial charge < -0.3 is 14.5 Å². The van der Waals surface area contributed by atoms with Gasteiger partial charge in [0, 0.05) is 22.2 Å². The molecule has 6 heteroatoms. The van der Waals surface area contributed by atoms with Crippen LogP contribution >= 0.6 is 0 Å². The summed E-state index contributed by atoms with van der Waals surface area (Å²) in [5.74, 6) is -1.20. The molecule has 1 atom stereocenters. The second kappa shape index (κ2) is 7.20. The summed E-state index contributed by atoms with van der Waals surface area (Å²) < 4.78 is 10.8. The molecular weight excluding hydrogens is 370 g/mol. The van der Waals surface area contributed by atoms with Crippen LogP contribution in [0.2, 0.25) is 0 Å². The first-order valence-corrected chi connectivity index (χ1v) is 9.45. The third kappa shape index (κ3) is 3.42. The van der Waals surface area contributed by atoms with E-state index in [9.17, 15) is 14.4 Å². The predicted octanol–water partition coefficient (Wildman–Crippen LogP) is 4.07. The zero-order valence-corrected chi connectivity index (χ0v) is 16.5. The van der Waals surface area contributed by atoms with Crippen LogP contribution in [0.25, 0.3) is 11.0 Å². The highest BCUT2D eigenvalue weighted by atomic mass is 16.5. The number of nitrogens with one attached hydrogen (secondary N) is 1. The topological polar surface area (TPSA) is 85.6 Å². The SMILES string of the molecule is Cc1ccc2c(CC(=O)OCC(=O)c3ccc4c(c3)[C@@H](C)C(=O)N4)coc2c1C. The van der Waals surface area contributed by atoms with Crippen molar-refractivity contribution >= 4 is 34.3 Å². The number of aryl methyl sites for hydroxylation is 2. The van der Waals surface area contributed by atoms with Gasteiger partial charge in [0.15, 0.2) is 12.4 Å². The van der Waals surface area contributed by atoms with Crippen molar-refractivity contribution in [1.29, 1.82) is 0 Å². The van der Waals surface area contributed by atoms with E-state index in [2.05, 4.69) is 5.32 Å². The summed E-state index contributed by atoms with van der Waals surface area (Å²) in [6, 6.07) is 8.93. The average molecular weight is 391 g/mol. The first-order chi connectivity index (χ1) is 13.8. The third-order valence-corrected chi connectivity index (χ3v) is 5.53. The molecule has 2 heterocycles. The number of rotatable bonds is 5. The van der Waals surface area contributed by atoms with Gasteiger partial charge in [-0.15, -0.1) is 0 Å². The normalized spacial score (nSPS) is 15.3. The fourth-order valence-electron chi connectivity index (χ4n) is 3.55. The molecule has 148 valence electrons. The van der Waals surface area contributed by atoms with E-state index in [1.807, 2.05) is 26.0 Å². The number of ketones is 1. The largest absolute Gasteiger partial charge is 0.464 e. The molecule has 0 spiro atoms. The van der Waals surface area contributed by atoms with Crippen LogP contribution in [0.15, 0.2) is 41.0 Å². The number of anilines is 1. The summed E-state index contributed by atoms with van der Waals surface area (Å²) in [7, 11) is 0. The lowest BCUT2D eigenvalue weighted by molar-refractivity contribution is -0.141. The van der Waals surface area contributed by atoms with Crippen LogP contribution in [-0.4, -0.2) is 24.3 Å². The van der Waals surface area contributed by atoms with Gasteiger partial charge in [0.25, 0.3) is 0 Å². The number of esters is 1. The molecular formula is C23H21NO5. The molecule has 1 N–H and O–H groups in total. The van der Waals surface area contributed by atoms with Crippen molar-refractivity contribution in [3.05, 3.63) is 64.4 Å². The first kappa shape index (κ1) is 18.9. The van der Waals surface area contributed by atoms with Crippen molar-refractivity contribution in [2.24, 2.45) is 0 Å². The van der Waals surface area contributed by atoms with E-state index in [1.54, 1.807) is 31.4 Å². The van der Waals surface area contributed by atoms with E-state index in [1.165, 1.54) is 0 Å². The number of benzene rings is 2. The molecule has 1 aliphatic rings. The number of carbonyl (C=O) groups is 3. The molecule has 0 saturated carbocycles. The van der Waals surface area contributed by atoms with Crippen LogP contribution in [0, 0.1) is 13.8 Å². The highest BCUT2D eigenvalue weighted by Gasteiger charge is 2.27. The van der Waals surface area contributed by atoms with Gasteiger partial charge in [-0.25, -0.2) is 0 Å². The number of hydrogen-bond acceptors (Lipinski definition) is 5. The van der Waals surface area contributed by atoms with Crippen LogP contribution in [-0.2, 0) is 20.7 Å². The Balaban J connectivity index is 1.41. The highest BCUT2D eigenvalue weighted by molar-refractivity contribution is 6.05. The Morgan fingerprint density at radius 1 is 1.17 bits per heavy atom. The third-order valence-electron chi connectivity index (χ3n) is 5.53. The van der Waals surface area contributed by atoms with Gasteiger partial charge >= 0.3 is 5.97 Å². The maximum absolute atomic E-state index is 12.4. The van der Waals surface area contributed by atoms with Gasteiger partial charge in [-0.2, -0.15) is 0 Å². The van der Waals surface area contributed by atoms with E-state index in [-0.39, 0.29) is 30.6 Å². The number of carbonyl (C=O) groups excluding carboxylic acids is 3. The average Bonchev–Trinajstić information content (AvgIpc) is 3.24. The fourth-order valence-corrected chi connectivity index (χ4v) is 3.55. The molecule has 6 nitrogen and oxygen atoms in total. The second-order valence-electron chi connectivity index (χ2n) is 7.42. The van der Waals surface area contributed by atoms with Crippen molar-refractivity contribution in [2.75, 3.05) is 11.9 Å². The van der Waals surface area contributed by atoms with E-state index in [0.29, 0.717) is 11.3 Å². The molecule has 2 aromatic carbocycles. The lowest BCUT2D eigenvalue weighted by Gasteiger charge is -2.07. The Hall–Kier alpha value is -3.41. The van der Waals surface area contributed by atoms with Gasteiger partial charge in [-0.05, 0) is 55.7 Å². The molecule has 0 bridgehead atoms. The minimum atomic E-state index is -0.495. The maximum atomic E-state index is 12.4. The monoisotopic (exact) mass is 391 g/mol. The van der Waals surface area contributed by atoms with Crippen LogP contribution in [0.1, 0.15) is 45.5 Å². The van der Waals surface area contributed by atoms with E-state index < -0.39 is 5.97 Å². The minimum absolute atomic E-state index is 0.0302. The summed E-state index contributed by atoms with van der Waals surface area (Å²) >= 11 is 0. The van der Waals surface area contributed by atoms with E-state index >= 15 is 0 Å². The zero-order chi connectivity index (χ0) is 20.7. The van der Waals surface area contributed by atoms with Crippen molar-refractivity contribution in [1.82, 2.24) is 0 Å². The van der Waals surface area contributed by atoms with Crippen molar-refractivity contribution < 1.29 is 23.5 Å². The second-order valence-corrected chi connectivity index (χ2v) is 7.42. The molecule has 29 heavy (non-hydrogen) atoms. The van der Waals surface area contributed by atoms with Gasteiger partial charge in [-0.1, -0.05) is 12.1 Å². The van der Waals surface area contributed by atoms with Gasteiger partial charge in [0.05, 0.1) is 18.6 Å². The van der Waals surface area contributed by atoms with Crippen LogP contribution in [0.4, 0.5) is 5.69 Å². The summed E-state index contributed by atoms with van der Waals surface area (Å²) in [6.45, 7) is 5.42. The lowest BCUT2D eigenvalue weighted by atomic mass is 9.99. The molecule has 1 aromatic heterocycles. The molecule has 3 aromatic rings. The summed E-state index contributed by atoms with van der Waals surface area (Å²) in [4.78, 5) is 36.4. The van der Waals surface area contributed by atoms with Crippen LogP contribution in [0.3, 0.4) is 0 Å². The van der Waals surface area contributed by atoms with Crippen LogP contribution in [0.5, 0.6) is 0 Å². The molecule has 0 aliphatic carbocycles. The number of fused-ring (bicyclic) bond motifs is 2. The van der Waals surface area contributed by atoms with E-state index in [0.717, 1.165) is 33.2 Å². The lowest BCUT2D eigenvalue weighted by Crippen LogP contribution is -2.15. The quantitative estimate of drug-likeness (QED) is 0.523. The van der Waals surface area contributed by atoms with Crippen molar-refractivity contribution in [3.8, 4) is 0 Å². The fraction of sp³-hybridized carbons (Fsp3) is 0.261.